The summed E-state index contributed by atoms with van der Waals surface area (Å²) in [5.74, 6) is 0. The van der Waals surface area contributed by atoms with Gasteiger partial charge >= 0.3 is 0 Å². The molecular formula is C13H29NO. The Morgan fingerprint density at radius 1 is 0.933 bits per heavy atom. The molecule has 1 unspecified atom stereocenters. The van der Waals surface area contributed by atoms with Crippen molar-refractivity contribution in [1.82, 2.24) is 5.06 Å². The third kappa shape index (κ3) is 8.88. The summed E-state index contributed by atoms with van der Waals surface area (Å²) in [5, 5.41) is 10.7. The van der Waals surface area contributed by atoms with Crippen LogP contribution in [0.3, 0.4) is 0 Å². The minimum Gasteiger partial charge on any atom is -0.314 e. The summed E-state index contributed by atoms with van der Waals surface area (Å²) in [6.07, 6.45) is 11.6. The number of nitrogens with zero attached hydrogens (tertiary/aromatic N) is 1. The summed E-state index contributed by atoms with van der Waals surface area (Å²) in [6.45, 7) is 4.39. The number of hydrogen-bond acceptors (Lipinski definition) is 2. The molecule has 0 rings (SSSR count). The molecule has 15 heavy (non-hydrogen) atoms. The molecule has 0 aliphatic carbocycles. The van der Waals surface area contributed by atoms with Crippen molar-refractivity contribution in [2.24, 2.45) is 0 Å². The van der Waals surface area contributed by atoms with Crippen LogP contribution in [-0.4, -0.2) is 23.4 Å². The maximum Gasteiger partial charge on any atom is 0.0344 e. The maximum atomic E-state index is 9.32. The van der Waals surface area contributed by atoms with Gasteiger partial charge in [-0.2, -0.15) is 5.06 Å². The Hall–Kier alpha value is -0.0800. The average molecular weight is 215 g/mol. The molecule has 0 aromatic heterocycles. The number of rotatable bonds is 10. The van der Waals surface area contributed by atoms with E-state index in [0.29, 0.717) is 6.04 Å². The topological polar surface area (TPSA) is 23.5 Å². The van der Waals surface area contributed by atoms with Gasteiger partial charge in [0, 0.05) is 13.1 Å². The standard InChI is InChI=1S/C13H29NO/c1-4-6-7-8-9-10-11-12-13(5-2)14(3)15/h13,15H,4-12H2,1-3H3. The Balaban J connectivity index is 3.22. The van der Waals surface area contributed by atoms with Crippen LogP contribution < -0.4 is 0 Å². The summed E-state index contributed by atoms with van der Waals surface area (Å²) in [7, 11) is 1.76. The second kappa shape index (κ2) is 10.4. The summed E-state index contributed by atoms with van der Waals surface area (Å²) >= 11 is 0. The van der Waals surface area contributed by atoms with Crippen LogP contribution in [0.15, 0.2) is 0 Å². The molecule has 0 amide bonds. The SMILES string of the molecule is CCCCCCCCCC(CC)N(C)O. The molecule has 0 aromatic carbocycles. The average Bonchev–Trinajstić information content (AvgIpc) is 2.21. The van der Waals surface area contributed by atoms with Crippen molar-refractivity contribution >= 4 is 0 Å². The second-order valence-corrected chi connectivity index (χ2v) is 4.55. The molecule has 1 atom stereocenters. The van der Waals surface area contributed by atoms with Gasteiger partial charge in [0.1, 0.15) is 0 Å². The van der Waals surface area contributed by atoms with Gasteiger partial charge in [-0.3, -0.25) is 0 Å². The van der Waals surface area contributed by atoms with Crippen LogP contribution >= 0.6 is 0 Å². The maximum absolute atomic E-state index is 9.32. The minimum atomic E-state index is 0.362. The molecule has 0 fully saturated rings. The van der Waals surface area contributed by atoms with Crippen LogP contribution in [0.4, 0.5) is 0 Å². The molecule has 0 bridgehead atoms. The van der Waals surface area contributed by atoms with Crippen LogP contribution in [0.2, 0.25) is 0 Å². The minimum absolute atomic E-state index is 0.362. The first kappa shape index (κ1) is 14.9. The van der Waals surface area contributed by atoms with Crippen molar-refractivity contribution in [3.8, 4) is 0 Å². The van der Waals surface area contributed by atoms with Crippen molar-refractivity contribution in [3.63, 3.8) is 0 Å². The smallest absolute Gasteiger partial charge is 0.0344 e. The van der Waals surface area contributed by atoms with Gasteiger partial charge in [-0.15, -0.1) is 0 Å². The summed E-state index contributed by atoms with van der Waals surface area (Å²) in [6, 6.07) is 0.362. The van der Waals surface area contributed by atoms with Gasteiger partial charge in [0.15, 0.2) is 0 Å². The van der Waals surface area contributed by atoms with Crippen molar-refractivity contribution in [2.45, 2.75) is 77.7 Å². The number of hydrogen-bond donors (Lipinski definition) is 1. The Morgan fingerprint density at radius 2 is 1.47 bits per heavy atom. The molecule has 0 heterocycles. The van der Waals surface area contributed by atoms with E-state index in [-0.39, 0.29) is 0 Å². The Bertz CT molecular complexity index is 126. The van der Waals surface area contributed by atoms with Crippen LogP contribution in [0.25, 0.3) is 0 Å². The Kier molecular flexibility index (Phi) is 10.4. The highest BCUT2D eigenvalue weighted by Gasteiger charge is 2.08. The molecule has 2 heteroatoms. The van der Waals surface area contributed by atoms with Crippen molar-refractivity contribution in [1.29, 1.82) is 0 Å². The fraction of sp³-hybridized carbons (Fsp3) is 1.00. The lowest BCUT2D eigenvalue weighted by molar-refractivity contribution is -0.105. The van der Waals surface area contributed by atoms with E-state index >= 15 is 0 Å². The van der Waals surface area contributed by atoms with E-state index in [1.165, 1.54) is 50.0 Å². The predicted octanol–water partition coefficient (Wildman–Crippen LogP) is 4.23. The van der Waals surface area contributed by atoms with Crippen LogP contribution in [0, 0.1) is 0 Å². The quantitative estimate of drug-likeness (QED) is 0.435. The van der Waals surface area contributed by atoms with E-state index in [1.807, 2.05) is 0 Å². The molecule has 0 saturated carbocycles. The summed E-state index contributed by atoms with van der Waals surface area (Å²) in [5.41, 5.74) is 0. The van der Waals surface area contributed by atoms with Gasteiger partial charge in [0.05, 0.1) is 0 Å². The lowest BCUT2D eigenvalue weighted by atomic mass is 10.0. The van der Waals surface area contributed by atoms with E-state index in [9.17, 15) is 5.21 Å². The fourth-order valence-corrected chi connectivity index (χ4v) is 1.99. The second-order valence-electron chi connectivity index (χ2n) is 4.55. The largest absolute Gasteiger partial charge is 0.314 e. The monoisotopic (exact) mass is 215 g/mol. The van der Waals surface area contributed by atoms with E-state index in [0.717, 1.165) is 12.8 Å². The van der Waals surface area contributed by atoms with E-state index in [1.54, 1.807) is 7.05 Å². The normalized spacial score (nSPS) is 13.4. The van der Waals surface area contributed by atoms with E-state index < -0.39 is 0 Å². The Labute approximate surface area is 95.6 Å². The van der Waals surface area contributed by atoms with Gasteiger partial charge < -0.3 is 5.21 Å². The number of hydroxylamine groups is 2. The van der Waals surface area contributed by atoms with Gasteiger partial charge in [-0.25, -0.2) is 0 Å². The van der Waals surface area contributed by atoms with E-state index in [4.69, 9.17) is 0 Å². The summed E-state index contributed by atoms with van der Waals surface area (Å²) in [4.78, 5) is 0. The highest BCUT2D eigenvalue weighted by Crippen LogP contribution is 2.12. The molecule has 2 nitrogen and oxygen atoms in total. The fourth-order valence-electron chi connectivity index (χ4n) is 1.99. The lowest BCUT2D eigenvalue weighted by Crippen LogP contribution is -2.27. The lowest BCUT2D eigenvalue weighted by Gasteiger charge is -2.20. The van der Waals surface area contributed by atoms with Gasteiger partial charge in [-0.1, -0.05) is 58.8 Å². The zero-order chi connectivity index (χ0) is 11.5. The molecular weight excluding hydrogens is 186 g/mol. The van der Waals surface area contributed by atoms with Crippen molar-refractivity contribution < 1.29 is 5.21 Å². The first-order chi connectivity index (χ1) is 7.22. The Morgan fingerprint density at radius 3 is 1.93 bits per heavy atom. The van der Waals surface area contributed by atoms with Gasteiger partial charge in [-0.05, 0) is 12.8 Å². The summed E-state index contributed by atoms with van der Waals surface area (Å²) < 4.78 is 0. The number of unbranched alkanes of at least 4 members (excludes halogenated alkanes) is 6. The van der Waals surface area contributed by atoms with E-state index in [2.05, 4.69) is 13.8 Å². The van der Waals surface area contributed by atoms with Gasteiger partial charge in [0.2, 0.25) is 0 Å². The molecule has 0 radical (unpaired) electrons. The van der Waals surface area contributed by atoms with Crippen molar-refractivity contribution in [3.05, 3.63) is 0 Å². The third-order valence-corrected chi connectivity index (χ3v) is 3.14. The molecule has 0 saturated heterocycles. The van der Waals surface area contributed by atoms with Gasteiger partial charge in [0.25, 0.3) is 0 Å². The van der Waals surface area contributed by atoms with Crippen LogP contribution in [-0.2, 0) is 0 Å². The van der Waals surface area contributed by atoms with Crippen LogP contribution in [0.1, 0.15) is 71.6 Å². The first-order valence-corrected chi connectivity index (χ1v) is 6.64. The third-order valence-electron chi connectivity index (χ3n) is 3.14. The highest BCUT2D eigenvalue weighted by atomic mass is 16.5. The molecule has 92 valence electrons. The predicted molar refractivity (Wildman–Crippen MR) is 66.2 cm³/mol. The molecule has 0 aromatic rings. The molecule has 0 aliphatic heterocycles. The zero-order valence-electron chi connectivity index (χ0n) is 10.8. The molecule has 0 aliphatic rings. The van der Waals surface area contributed by atoms with Crippen molar-refractivity contribution in [2.75, 3.05) is 7.05 Å². The zero-order valence-corrected chi connectivity index (χ0v) is 10.8. The highest BCUT2D eigenvalue weighted by molar-refractivity contribution is 4.60. The first-order valence-electron chi connectivity index (χ1n) is 6.64. The van der Waals surface area contributed by atoms with Crippen LogP contribution in [0.5, 0.6) is 0 Å². The molecule has 0 spiro atoms. The molecule has 1 N–H and O–H groups in total.